The van der Waals surface area contributed by atoms with E-state index in [0.29, 0.717) is 17.8 Å². The van der Waals surface area contributed by atoms with Crippen molar-refractivity contribution in [3.63, 3.8) is 0 Å². The molecular formula is C24H28FN3O2. The molecule has 1 unspecified atom stereocenters. The summed E-state index contributed by atoms with van der Waals surface area (Å²) in [6.45, 7) is 2.49. The van der Waals surface area contributed by atoms with Crippen LogP contribution >= 0.6 is 0 Å². The smallest absolute Gasteiger partial charge is 0.227 e. The number of anilines is 1. The summed E-state index contributed by atoms with van der Waals surface area (Å²) in [5.41, 5.74) is 3.52. The number of hydrogen-bond donors (Lipinski definition) is 1. The highest BCUT2D eigenvalue weighted by Gasteiger charge is 2.41. The van der Waals surface area contributed by atoms with E-state index in [0.717, 1.165) is 12.8 Å². The Morgan fingerprint density at radius 3 is 2.47 bits per heavy atom. The van der Waals surface area contributed by atoms with Gasteiger partial charge in [-0.2, -0.15) is 0 Å². The number of nitrogens with one attached hydrogen (secondary N) is 1. The molecule has 2 amide bonds. The van der Waals surface area contributed by atoms with Gasteiger partial charge >= 0.3 is 0 Å². The normalized spacial score (nSPS) is 20.0. The Balaban J connectivity index is 1.42. The molecule has 1 atom stereocenters. The lowest BCUT2D eigenvalue weighted by Crippen LogP contribution is -2.54. The van der Waals surface area contributed by atoms with Gasteiger partial charge in [0.1, 0.15) is 5.82 Å². The number of likely N-dealkylation sites (N-methyl/N-ethyl adjacent to an activating group) is 1. The summed E-state index contributed by atoms with van der Waals surface area (Å²) in [6, 6.07) is 13.2. The van der Waals surface area contributed by atoms with E-state index in [2.05, 4.69) is 34.5 Å². The molecular weight excluding hydrogens is 381 g/mol. The first-order valence-corrected chi connectivity index (χ1v) is 10.4. The number of carbonyl (C=O) groups is 2. The zero-order valence-corrected chi connectivity index (χ0v) is 17.7. The Kier molecular flexibility index (Phi) is 5.36. The molecule has 0 saturated carbocycles. The Labute approximate surface area is 176 Å². The molecule has 6 heteroatoms. The highest BCUT2D eigenvalue weighted by Crippen LogP contribution is 2.33. The monoisotopic (exact) mass is 409 g/mol. The van der Waals surface area contributed by atoms with Crippen molar-refractivity contribution >= 4 is 17.5 Å². The SMILES string of the molecule is Cc1ccc(N2CC(C(=O)NCC3(N(C)C)Cc4ccccc4C3)CC2=O)cc1F. The number of carbonyl (C=O) groups excluding carboxylic acids is 2. The van der Waals surface area contributed by atoms with Crippen molar-refractivity contribution in [1.82, 2.24) is 10.2 Å². The Hall–Kier alpha value is -2.73. The third-order valence-electron chi connectivity index (χ3n) is 6.66. The van der Waals surface area contributed by atoms with Crippen molar-refractivity contribution in [1.29, 1.82) is 0 Å². The van der Waals surface area contributed by atoms with Crippen LogP contribution in [0, 0.1) is 18.7 Å². The molecule has 1 N–H and O–H groups in total. The molecule has 4 rings (SSSR count). The van der Waals surface area contributed by atoms with Crippen molar-refractivity contribution in [3.05, 3.63) is 65.0 Å². The summed E-state index contributed by atoms with van der Waals surface area (Å²) in [5.74, 6) is -1.03. The van der Waals surface area contributed by atoms with Gasteiger partial charge in [-0.3, -0.25) is 9.59 Å². The lowest BCUT2D eigenvalue weighted by molar-refractivity contribution is -0.126. The second-order valence-corrected chi connectivity index (χ2v) is 8.80. The first kappa shape index (κ1) is 20.5. The van der Waals surface area contributed by atoms with Gasteiger partial charge < -0.3 is 15.1 Å². The summed E-state index contributed by atoms with van der Waals surface area (Å²) in [5, 5.41) is 3.10. The summed E-state index contributed by atoms with van der Waals surface area (Å²) in [4.78, 5) is 29.1. The van der Waals surface area contributed by atoms with Gasteiger partial charge in [0.2, 0.25) is 11.8 Å². The van der Waals surface area contributed by atoms with Crippen LogP contribution in [-0.2, 0) is 22.4 Å². The quantitative estimate of drug-likeness (QED) is 0.826. The van der Waals surface area contributed by atoms with Crippen LogP contribution in [-0.4, -0.2) is 49.4 Å². The molecule has 1 saturated heterocycles. The van der Waals surface area contributed by atoms with Crippen LogP contribution in [0.15, 0.2) is 42.5 Å². The highest BCUT2D eigenvalue weighted by molar-refractivity contribution is 6.00. The molecule has 0 spiro atoms. The van der Waals surface area contributed by atoms with Gasteiger partial charge in [-0.25, -0.2) is 4.39 Å². The molecule has 2 aromatic carbocycles. The minimum atomic E-state index is -0.426. The molecule has 0 aromatic heterocycles. The van der Waals surface area contributed by atoms with E-state index in [1.807, 2.05) is 14.1 Å². The van der Waals surface area contributed by atoms with Crippen molar-refractivity contribution in [3.8, 4) is 0 Å². The van der Waals surface area contributed by atoms with Crippen LogP contribution in [0.5, 0.6) is 0 Å². The van der Waals surface area contributed by atoms with Crippen molar-refractivity contribution < 1.29 is 14.0 Å². The lowest BCUT2D eigenvalue weighted by Gasteiger charge is -2.36. The molecule has 2 aromatic rings. The first-order chi connectivity index (χ1) is 14.3. The average molecular weight is 410 g/mol. The van der Waals surface area contributed by atoms with Crippen molar-refractivity contribution in [2.24, 2.45) is 5.92 Å². The molecule has 5 nitrogen and oxygen atoms in total. The predicted octanol–water partition coefficient (Wildman–Crippen LogP) is 2.70. The third-order valence-corrected chi connectivity index (χ3v) is 6.66. The Morgan fingerprint density at radius 1 is 1.20 bits per heavy atom. The number of aryl methyl sites for hydroxylation is 1. The number of hydrogen-bond acceptors (Lipinski definition) is 3. The van der Waals surface area contributed by atoms with Crippen molar-refractivity contribution in [2.45, 2.75) is 31.7 Å². The van der Waals surface area contributed by atoms with E-state index in [4.69, 9.17) is 0 Å². The molecule has 0 radical (unpaired) electrons. The van der Waals surface area contributed by atoms with E-state index in [1.165, 1.54) is 22.1 Å². The predicted molar refractivity (Wildman–Crippen MR) is 115 cm³/mol. The maximum absolute atomic E-state index is 13.9. The van der Waals surface area contributed by atoms with Crippen LogP contribution in [0.4, 0.5) is 10.1 Å². The van der Waals surface area contributed by atoms with Gasteiger partial charge in [-0.15, -0.1) is 0 Å². The molecule has 1 aliphatic carbocycles. The highest BCUT2D eigenvalue weighted by atomic mass is 19.1. The van der Waals surface area contributed by atoms with Crippen molar-refractivity contribution in [2.75, 3.05) is 32.1 Å². The standard InChI is InChI=1S/C24H28FN3O2/c1-16-8-9-20(11-21(16)25)28-14-19(10-22(28)29)23(30)26-15-24(27(2)3)12-17-6-4-5-7-18(17)13-24/h4-9,11,19H,10,12-15H2,1-3H3,(H,26,30). The van der Waals surface area contributed by atoms with Gasteiger partial charge in [0, 0.05) is 30.7 Å². The number of halogens is 1. The van der Waals surface area contributed by atoms with Gasteiger partial charge in [0.25, 0.3) is 0 Å². The van der Waals surface area contributed by atoms with E-state index in [9.17, 15) is 14.0 Å². The molecule has 1 fully saturated rings. The van der Waals surface area contributed by atoms with E-state index < -0.39 is 5.92 Å². The number of amides is 2. The van der Waals surface area contributed by atoms with Crippen LogP contribution in [0.1, 0.15) is 23.1 Å². The van der Waals surface area contributed by atoms with Crippen LogP contribution < -0.4 is 10.2 Å². The maximum atomic E-state index is 13.9. The number of rotatable bonds is 5. The Bertz CT molecular complexity index is 963. The summed E-state index contributed by atoms with van der Waals surface area (Å²) >= 11 is 0. The molecule has 2 aliphatic rings. The summed E-state index contributed by atoms with van der Waals surface area (Å²) in [7, 11) is 4.09. The van der Waals surface area contributed by atoms with Crippen LogP contribution in [0.3, 0.4) is 0 Å². The summed E-state index contributed by atoms with van der Waals surface area (Å²) < 4.78 is 13.9. The van der Waals surface area contributed by atoms with Gasteiger partial charge in [0.15, 0.2) is 0 Å². The van der Waals surface area contributed by atoms with E-state index in [1.54, 1.807) is 19.1 Å². The fraction of sp³-hybridized carbons (Fsp3) is 0.417. The van der Waals surface area contributed by atoms with Crippen LogP contribution in [0.25, 0.3) is 0 Å². The van der Waals surface area contributed by atoms with Crippen LogP contribution in [0.2, 0.25) is 0 Å². The fourth-order valence-corrected chi connectivity index (χ4v) is 4.55. The maximum Gasteiger partial charge on any atom is 0.227 e. The van der Waals surface area contributed by atoms with E-state index >= 15 is 0 Å². The average Bonchev–Trinajstić information content (AvgIpc) is 3.29. The molecule has 30 heavy (non-hydrogen) atoms. The zero-order valence-electron chi connectivity index (χ0n) is 17.7. The third kappa shape index (κ3) is 3.72. The van der Waals surface area contributed by atoms with Gasteiger partial charge in [-0.05, 0) is 62.7 Å². The molecule has 1 heterocycles. The number of benzene rings is 2. The topological polar surface area (TPSA) is 52.7 Å². The number of fused-ring (bicyclic) bond motifs is 1. The fourth-order valence-electron chi connectivity index (χ4n) is 4.55. The molecule has 158 valence electrons. The summed E-state index contributed by atoms with van der Waals surface area (Å²) in [6.07, 6.45) is 1.92. The zero-order chi connectivity index (χ0) is 21.5. The Morgan fingerprint density at radius 2 is 1.87 bits per heavy atom. The second kappa shape index (κ2) is 7.84. The minimum Gasteiger partial charge on any atom is -0.354 e. The number of nitrogens with zero attached hydrogens (tertiary/aromatic N) is 2. The van der Waals surface area contributed by atoms with Gasteiger partial charge in [0.05, 0.1) is 5.92 Å². The largest absolute Gasteiger partial charge is 0.354 e. The van der Waals surface area contributed by atoms with Gasteiger partial charge in [-0.1, -0.05) is 30.3 Å². The molecule has 1 aliphatic heterocycles. The first-order valence-electron chi connectivity index (χ1n) is 10.4. The minimum absolute atomic E-state index is 0.115. The lowest BCUT2D eigenvalue weighted by atomic mass is 9.93. The molecule has 0 bridgehead atoms. The second-order valence-electron chi connectivity index (χ2n) is 8.80. The van der Waals surface area contributed by atoms with E-state index in [-0.39, 0.29) is 36.1 Å².